The molecule has 7 heteroatoms. The van der Waals surface area contributed by atoms with Crippen LogP contribution < -0.4 is 21.8 Å². The molecule has 0 bridgehead atoms. The number of aromatic amines is 2. The van der Waals surface area contributed by atoms with Gasteiger partial charge in [-0.25, -0.2) is 0 Å². The maximum Gasteiger partial charge on any atom is 0.272 e. The van der Waals surface area contributed by atoms with Crippen LogP contribution in [-0.2, 0) is 4.79 Å². The normalized spacial score (nSPS) is 18.0. The van der Waals surface area contributed by atoms with Crippen molar-refractivity contribution < 1.29 is 4.79 Å². The number of aromatic nitrogens is 2. The third-order valence-corrected chi connectivity index (χ3v) is 3.74. The van der Waals surface area contributed by atoms with Crippen LogP contribution in [0.15, 0.2) is 27.8 Å². The van der Waals surface area contributed by atoms with Crippen LogP contribution in [0.3, 0.4) is 0 Å². The molecule has 110 valence electrons. The molecule has 1 aliphatic rings. The average Bonchev–Trinajstić information content (AvgIpc) is 2.96. The van der Waals surface area contributed by atoms with Crippen LogP contribution in [0.4, 0.5) is 5.69 Å². The van der Waals surface area contributed by atoms with Gasteiger partial charge < -0.3 is 10.6 Å². The van der Waals surface area contributed by atoms with E-state index < -0.39 is 5.56 Å². The predicted octanol–water partition coefficient (Wildman–Crippen LogP) is 0.154. The summed E-state index contributed by atoms with van der Waals surface area (Å²) < 4.78 is 0. The number of carbonyl (C=O) groups excluding carboxylic acids is 1. The van der Waals surface area contributed by atoms with E-state index in [4.69, 9.17) is 0 Å². The number of H-pyrrole nitrogens is 2. The quantitative estimate of drug-likeness (QED) is 0.645. The molecule has 1 fully saturated rings. The molecule has 1 atom stereocenters. The van der Waals surface area contributed by atoms with Crippen LogP contribution in [0.5, 0.6) is 0 Å². The molecule has 0 spiro atoms. The summed E-state index contributed by atoms with van der Waals surface area (Å²) in [5.74, 6) is 0.178. The maximum absolute atomic E-state index is 12.1. The second-order valence-corrected chi connectivity index (χ2v) is 5.25. The molecule has 2 heterocycles. The lowest BCUT2D eigenvalue weighted by molar-refractivity contribution is -0.116. The first kappa shape index (κ1) is 13.6. The van der Waals surface area contributed by atoms with Crippen LogP contribution in [0.25, 0.3) is 10.8 Å². The number of benzene rings is 1. The largest absolute Gasteiger partial charge is 0.325 e. The number of nitrogens with one attached hydrogen (secondary N) is 4. The number of fused-ring (bicyclic) bond motifs is 1. The number of carbonyl (C=O) groups is 1. The molecule has 1 aliphatic heterocycles. The molecule has 21 heavy (non-hydrogen) atoms. The van der Waals surface area contributed by atoms with Gasteiger partial charge >= 0.3 is 0 Å². The standard InChI is InChI=1S/C14H16N4O3/c19-11(6-8-4-5-15-7-8)16-10-3-1-2-9-12(10)14(21)18-17-13(9)20/h1-3,8,15H,4-7H2,(H,16,19)(H,17,20)(H,18,21). The van der Waals surface area contributed by atoms with Gasteiger partial charge in [0.2, 0.25) is 5.91 Å². The fraction of sp³-hybridized carbons (Fsp3) is 0.357. The van der Waals surface area contributed by atoms with Crippen molar-refractivity contribution in [3.05, 3.63) is 38.9 Å². The number of hydrogen-bond acceptors (Lipinski definition) is 4. The van der Waals surface area contributed by atoms with Gasteiger partial charge in [0, 0.05) is 6.42 Å². The minimum atomic E-state index is -0.428. The molecule has 1 unspecified atom stereocenters. The van der Waals surface area contributed by atoms with Gasteiger partial charge in [0.25, 0.3) is 11.1 Å². The van der Waals surface area contributed by atoms with Crippen molar-refractivity contribution in [3.8, 4) is 0 Å². The topological polar surface area (TPSA) is 107 Å². The van der Waals surface area contributed by atoms with Crippen molar-refractivity contribution in [2.24, 2.45) is 5.92 Å². The summed E-state index contributed by atoms with van der Waals surface area (Å²) in [6.07, 6.45) is 1.38. The van der Waals surface area contributed by atoms with E-state index in [2.05, 4.69) is 20.8 Å². The Morgan fingerprint density at radius 1 is 1.24 bits per heavy atom. The van der Waals surface area contributed by atoms with E-state index in [0.717, 1.165) is 19.5 Å². The summed E-state index contributed by atoms with van der Waals surface area (Å²) in [7, 11) is 0. The number of rotatable bonds is 3. The summed E-state index contributed by atoms with van der Waals surface area (Å²) in [4.78, 5) is 35.7. The number of anilines is 1. The van der Waals surface area contributed by atoms with Gasteiger partial charge in [-0.3, -0.25) is 24.6 Å². The zero-order chi connectivity index (χ0) is 14.8. The summed E-state index contributed by atoms with van der Waals surface area (Å²) in [5.41, 5.74) is -0.445. The molecular formula is C14H16N4O3. The highest BCUT2D eigenvalue weighted by Crippen LogP contribution is 2.18. The molecule has 3 rings (SSSR count). The molecule has 1 saturated heterocycles. The van der Waals surface area contributed by atoms with Gasteiger partial charge in [-0.05, 0) is 37.6 Å². The van der Waals surface area contributed by atoms with Crippen molar-refractivity contribution in [3.63, 3.8) is 0 Å². The second kappa shape index (κ2) is 5.53. The van der Waals surface area contributed by atoms with Crippen LogP contribution in [-0.4, -0.2) is 29.2 Å². The predicted molar refractivity (Wildman–Crippen MR) is 79.4 cm³/mol. The minimum absolute atomic E-state index is 0.143. The average molecular weight is 288 g/mol. The SMILES string of the molecule is O=C(CC1CCNC1)Nc1cccc2c(=O)[nH][nH]c(=O)c12. The van der Waals surface area contributed by atoms with Crippen molar-refractivity contribution in [1.82, 2.24) is 15.5 Å². The van der Waals surface area contributed by atoms with Gasteiger partial charge in [0.05, 0.1) is 16.5 Å². The van der Waals surface area contributed by atoms with E-state index in [1.807, 2.05) is 0 Å². The van der Waals surface area contributed by atoms with Crippen molar-refractivity contribution in [2.45, 2.75) is 12.8 Å². The lowest BCUT2D eigenvalue weighted by Gasteiger charge is -2.10. The Kier molecular flexibility index (Phi) is 3.57. The second-order valence-electron chi connectivity index (χ2n) is 5.25. The lowest BCUT2D eigenvalue weighted by atomic mass is 10.0. The van der Waals surface area contributed by atoms with Crippen molar-refractivity contribution >= 4 is 22.4 Å². The molecule has 0 saturated carbocycles. The van der Waals surface area contributed by atoms with Crippen LogP contribution in [0, 0.1) is 5.92 Å². The molecule has 7 nitrogen and oxygen atoms in total. The Morgan fingerprint density at radius 3 is 2.81 bits per heavy atom. The van der Waals surface area contributed by atoms with E-state index in [-0.39, 0.29) is 22.2 Å². The van der Waals surface area contributed by atoms with E-state index in [1.54, 1.807) is 18.2 Å². The molecular weight excluding hydrogens is 272 g/mol. The Morgan fingerprint density at radius 2 is 2.05 bits per heavy atom. The zero-order valence-corrected chi connectivity index (χ0v) is 11.4. The highest BCUT2D eigenvalue weighted by atomic mass is 16.2. The Hall–Kier alpha value is -2.41. The van der Waals surface area contributed by atoms with Crippen molar-refractivity contribution in [1.29, 1.82) is 0 Å². The number of amides is 1. The van der Waals surface area contributed by atoms with Crippen LogP contribution >= 0.6 is 0 Å². The highest BCUT2D eigenvalue weighted by Gasteiger charge is 2.19. The monoisotopic (exact) mass is 288 g/mol. The first-order valence-electron chi connectivity index (χ1n) is 6.89. The summed E-state index contributed by atoms with van der Waals surface area (Å²) in [6, 6.07) is 4.82. The van der Waals surface area contributed by atoms with E-state index >= 15 is 0 Å². The smallest absolute Gasteiger partial charge is 0.272 e. The van der Waals surface area contributed by atoms with Gasteiger partial charge in [0.15, 0.2) is 0 Å². The highest BCUT2D eigenvalue weighted by molar-refractivity contribution is 6.01. The van der Waals surface area contributed by atoms with Crippen molar-refractivity contribution in [2.75, 3.05) is 18.4 Å². The minimum Gasteiger partial charge on any atom is -0.325 e. The molecule has 1 aromatic carbocycles. The molecule has 1 amide bonds. The Balaban J connectivity index is 1.90. The third-order valence-electron chi connectivity index (χ3n) is 3.74. The van der Waals surface area contributed by atoms with Gasteiger partial charge in [-0.15, -0.1) is 0 Å². The maximum atomic E-state index is 12.1. The third kappa shape index (κ3) is 2.73. The first-order valence-corrected chi connectivity index (χ1v) is 6.89. The van der Waals surface area contributed by atoms with Gasteiger partial charge in [-0.1, -0.05) is 6.07 Å². The summed E-state index contributed by atoms with van der Waals surface area (Å²) in [6.45, 7) is 1.77. The van der Waals surface area contributed by atoms with E-state index in [1.165, 1.54) is 0 Å². The molecule has 4 N–H and O–H groups in total. The molecule has 2 aromatic rings. The first-order chi connectivity index (χ1) is 10.1. The van der Waals surface area contributed by atoms with Crippen LogP contribution in [0.2, 0.25) is 0 Å². The Labute approximate surface area is 119 Å². The van der Waals surface area contributed by atoms with Crippen LogP contribution in [0.1, 0.15) is 12.8 Å². The fourth-order valence-electron chi connectivity index (χ4n) is 2.69. The zero-order valence-electron chi connectivity index (χ0n) is 11.4. The molecule has 0 aliphatic carbocycles. The van der Waals surface area contributed by atoms with Gasteiger partial charge in [-0.2, -0.15) is 0 Å². The Bertz CT molecular complexity index is 787. The number of hydrogen-bond donors (Lipinski definition) is 4. The fourth-order valence-corrected chi connectivity index (χ4v) is 2.69. The van der Waals surface area contributed by atoms with Gasteiger partial charge in [0.1, 0.15) is 0 Å². The molecule has 0 radical (unpaired) electrons. The van der Waals surface area contributed by atoms with E-state index in [0.29, 0.717) is 18.0 Å². The lowest BCUT2D eigenvalue weighted by Crippen LogP contribution is -2.22. The van der Waals surface area contributed by atoms with E-state index in [9.17, 15) is 14.4 Å². The summed E-state index contributed by atoms with van der Waals surface area (Å²) in [5, 5.41) is 11.0. The molecule has 1 aromatic heterocycles. The summed E-state index contributed by atoms with van der Waals surface area (Å²) >= 11 is 0.